The van der Waals surface area contributed by atoms with Gasteiger partial charge in [0.25, 0.3) is 0 Å². The molecule has 1 fully saturated rings. The topological polar surface area (TPSA) is 41.6 Å². The summed E-state index contributed by atoms with van der Waals surface area (Å²) in [5.74, 6) is -0.0754. The number of nitrogens with one attached hydrogen (secondary N) is 1. The van der Waals surface area contributed by atoms with E-state index in [1.807, 2.05) is 49.4 Å². The molecule has 0 radical (unpaired) electrons. The largest absolute Gasteiger partial charge is 0.379 e. The molecule has 0 aromatic heterocycles. The fraction of sp³-hybridized carbons (Fsp3) is 0.318. The lowest BCUT2D eigenvalue weighted by Gasteiger charge is -2.31. The lowest BCUT2D eigenvalue weighted by Crippen LogP contribution is -2.42. The van der Waals surface area contributed by atoms with E-state index in [0.29, 0.717) is 0 Å². The molecule has 1 atom stereocenters. The van der Waals surface area contributed by atoms with Crippen LogP contribution in [0.4, 0.5) is 0 Å². The Labute approximate surface area is 155 Å². The molecule has 1 amide bonds. The number of rotatable bonds is 6. The van der Waals surface area contributed by atoms with E-state index in [9.17, 15) is 4.79 Å². The van der Waals surface area contributed by atoms with Crippen LogP contribution in [-0.2, 0) is 9.53 Å². The molecule has 3 rings (SSSR count). The van der Waals surface area contributed by atoms with Crippen LogP contribution in [0.5, 0.6) is 0 Å². The molecule has 4 heteroatoms. The van der Waals surface area contributed by atoms with E-state index in [0.717, 1.165) is 44.0 Å². The zero-order valence-corrected chi connectivity index (χ0v) is 15.2. The van der Waals surface area contributed by atoms with Crippen LogP contribution >= 0.6 is 0 Å². The molecular formula is C22H26N2O2. The smallest absolute Gasteiger partial charge is 0.244 e. The summed E-state index contributed by atoms with van der Waals surface area (Å²) in [7, 11) is 0. The van der Waals surface area contributed by atoms with E-state index in [4.69, 9.17) is 4.74 Å². The van der Waals surface area contributed by atoms with Crippen LogP contribution in [0, 0.1) is 6.92 Å². The number of amides is 1. The number of nitrogens with zero attached hydrogens (tertiary/aromatic N) is 1. The lowest BCUT2D eigenvalue weighted by atomic mass is 10.1. The third kappa shape index (κ3) is 5.55. The third-order valence-electron chi connectivity index (χ3n) is 4.53. The normalized spacial score (nSPS) is 16.5. The van der Waals surface area contributed by atoms with Crippen molar-refractivity contribution in [3.8, 4) is 0 Å². The van der Waals surface area contributed by atoms with Gasteiger partial charge >= 0.3 is 0 Å². The summed E-state index contributed by atoms with van der Waals surface area (Å²) in [6.07, 6.45) is 3.48. The number of morpholine rings is 1. The Morgan fingerprint density at radius 3 is 2.65 bits per heavy atom. The van der Waals surface area contributed by atoms with Crippen LogP contribution in [0.25, 0.3) is 6.08 Å². The van der Waals surface area contributed by atoms with Crippen LogP contribution in [0.1, 0.15) is 22.7 Å². The Kier molecular flexibility index (Phi) is 6.58. The van der Waals surface area contributed by atoms with Crippen LogP contribution in [0.3, 0.4) is 0 Å². The molecule has 0 bridgehead atoms. The highest BCUT2D eigenvalue weighted by Gasteiger charge is 2.19. The number of ether oxygens (including phenoxy) is 1. The molecule has 1 N–H and O–H groups in total. The van der Waals surface area contributed by atoms with E-state index < -0.39 is 0 Å². The van der Waals surface area contributed by atoms with Gasteiger partial charge in [-0.05, 0) is 24.1 Å². The summed E-state index contributed by atoms with van der Waals surface area (Å²) in [6.45, 7) is 6.14. The molecule has 2 aromatic carbocycles. The van der Waals surface area contributed by atoms with Crippen molar-refractivity contribution in [1.29, 1.82) is 0 Å². The Bertz CT molecular complexity index is 737. The van der Waals surface area contributed by atoms with E-state index in [1.54, 1.807) is 6.08 Å². The van der Waals surface area contributed by atoms with Gasteiger partial charge in [0, 0.05) is 25.7 Å². The molecule has 26 heavy (non-hydrogen) atoms. The summed E-state index contributed by atoms with van der Waals surface area (Å²) in [5, 5.41) is 3.16. The summed E-state index contributed by atoms with van der Waals surface area (Å²) in [5.41, 5.74) is 3.34. The molecular weight excluding hydrogens is 324 g/mol. The summed E-state index contributed by atoms with van der Waals surface area (Å²) in [4.78, 5) is 14.8. The quantitative estimate of drug-likeness (QED) is 0.814. The molecule has 1 heterocycles. The first-order valence-electron chi connectivity index (χ1n) is 9.11. The van der Waals surface area contributed by atoms with E-state index in [-0.39, 0.29) is 11.9 Å². The van der Waals surface area contributed by atoms with Crippen molar-refractivity contribution in [2.75, 3.05) is 32.8 Å². The molecule has 2 aromatic rings. The summed E-state index contributed by atoms with van der Waals surface area (Å²) in [6, 6.07) is 18.2. The molecule has 4 nitrogen and oxygen atoms in total. The van der Waals surface area contributed by atoms with Gasteiger partial charge in [0.2, 0.25) is 5.91 Å². The predicted octanol–water partition coefficient (Wildman–Crippen LogP) is 3.20. The number of hydrogen-bond acceptors (Lipinski definition) is 3. The Balaban J connectivity index is 1.67. The third-order valence-corrected chi connectivity index (χ3v) is 4.53. The number of hydrogen-bond donors (Lipinski definition) is 1. The minimum absolute atomic E-state index is 0.0380. The van der Waals surface area contributed by atoms with Gasteiger partial charge in [0.05, 0.1) is 19.3 Å². The van der Waals surface area contributed by atoms with Crippen LogP contribution in [-0.4, -0.2) is 43.7 Å². The van der Waals surface area contributed by atoms with Gasteiger partial charge in [0.15, 0.2) is 0 Å². The van der Waals surface area contributed by atoms with Crippen molar-refractivity contribution in [1.82, 2.24) is 10.2 Å². The fourth-order valence-electron chi connectivity index (χ4n) is 3.13. The van der Waals surface area contributed by atoms with Crippen molar-refractivity contribution in [2.45, 2.75) is 13.0 Å². The minimum atomic E-state index is -0.0754. The second-order valence-corrected chi connectivity index (χ2v) is 6.63. The molecule has 136 valence electrons. The van der Waals surface area contributed by atoms with Gasteiger partial charge in [0.1, 0.15) is 0 Å². The maximum absolute atomic E-state index is 12.5. The van der Waals surface area contributed by atoms with Gasteiger partial charge < -0.3 is 10.1 Å². The second kappa shape index (κ2) is 9.32. The maximum atomic E-state index is 12.5. The highest BCUT2D eigenvalue weighted by atomic mass is 16.5. The highest BCUT2D eigenvalue weighted by molar-refractivity contribution is 5.92. The summed E-state index contributed by atoms with van der Waals surface area (Å²) < 4.78 is 5.43. The molecule has 0 spiro atoms. The standard InChI is InChI=1S/C22H26N2O2/c1-18-6-5-7-19(16-18)10-11-22(25)23-21(20-8-3-2-4-9-20)17-24-12-14-26-15-13-24/h2-11,16,21H,12-15,17H2,1H3,(H,23,25)/b11-10+/t21-/m0/s1. The first-order chi connectivity index (χ1) is 12.7. The van der Waals surface area contributed by atoms with Crippen molar-refractivity contribution >= 4 is 12.0 Å². The maximum Gasteiger partial charge on any atom is 0.244 e. The summed E-state index contributed by atoms with van der Waals surface area (Å²) >= 11 is 0. The van der Waals surface area contributed by atoms with Crippen LogP contribution in [0.2, 0.25) is 0 Å². The molecule has 0 aliphatic carbocycles. The van der Waals surface area contributed by atoms with Crippen molar-refractivity contribution in [3.05, 3.63) is 77.4 Å². The van der Waals surface area contributed by atoms with E-state index in [1.165, 1.54) is 5.56 Å². The number of carbonyl (C=O) groups is 1. The van der Waals surface area contributed by atoms with Crippen molar-refractivity contribution in [2.24, 2.45) is 0 Å². The Morgan fingerprint density at radius 2 is 1.92 bits per heavy atom. The highest BCUT2D eigenvalue weighted by Crippen LogP contribution is 2.15. The molecule has 0 saturated carbocycles. The number of aryl methyl sites for hydroxylation is 1. The van der Waals surface area contributed by atoms with Crippen molar-refractivity contribution in [3.63, 3.8) is 0 Å². The number of benzene rings is 2. The zero-order chi connectivity index (χ0) is 18.2. The molecule has 1 saturated heterocycles. The Hall–Kier alpha value is -2.43. The first-order valence-corrected chi connectivity index (χ1v) is 9.11. The lowest BCUT2D eigenvalue weighted by molar-refractivity contribution is -0.117. The van der Waals surface area contributed by atoms with Crippen LogP contribution < -0.4 is 5.32 Å². The fourth-order valence-corrected chi connectivity index (χ4v) is 3.13. The minimum Gasteiger partial charge on any atom is -0.379 e. The van der Waals surface area contributed by atoms with Gasteiger partial charge in [-0.15, -0.1) is 0 Å². The van der Waals surface area contributed by atoms with E-state index in [2.05, 4.69) is 28.4 Å². The van der Waals surface area contributed by atoms with Gasteiger partial charge in [-0.3, -0.25) is 9.69 Å². The Morgan fingerprint density at radius 1 is 1.15 bits per heavy atom. The van der Waals surface area contributed by atoms with Gasteiger partial charge in [-0.1, -0.05) is 60.2 Å². The van der Waals surface area contributed by atoms with Crippen LogP contribution in [0.15, 0.2) is 60.7 Å². The SMILES string of the molecule is Cc1cccc(/C=C/C(=O)N[C@@H](CN2CCOCC2)c2ccccc2)c1. The predicted molar refractivity (Wildman–Crippen MR) is 105 cm³/mol. The average molecular weight is 350 g/mol. The molecule has 1 aliphatic heterocycles. The average Bonchev–Trinajstić information content (AvgIpc) is 2.67. The van der Waals surface area contributed by atoms with Crippen molar-refractivity contribution < 1.29 is 9.53 Å². The zero-order valence-electron chi connectivity index (χ0n) is 15.2. The second-order valence-electron chi connectivity index (χ2n) is 6.63. The van der Waals surface area contributed by atoms with Gasteiger partial charge in [-0.25, -0.2) is 0 Å². The first kappa shape index (κ1) is 18.4. The molecule has 1 aliphatic rings. The van der Waals surface area contributed by atoms with Gasteiger partial charge in [-0.2, -0.15) is 0 Å². The van der Waals surface area contributed by atoms with E-state index >= 15 is 0 Å². The molecule has 0 unspecified atom stereocenters. The number of carbonyl (C=O) groups excluding carboxylic acids is 1. The monoisotopic (exact) mass is 350 g/mol.